The van der Waals surface area contributed by atoms with E-state index in [1.165, 1.54) is 0 Å². The first-order chi connectivity index (χ1) is 7.36. The van der Waals surface area contributed by atoms with E-state index in [4.69, 9.17) is 4.20 Å². The van der Waals surface area contributed by atoms with E-state index in [0.717, 1.165) is 15.9 Å². The molecule has 0 N–H and O–H groups in total. The van der Waals surface area contributed by atoms with Crippen LogP contribution in [0.25, 0.3) is 21.5 Å². The van der Waals surface area contributed by atoms with E-state index in [2.05, 4.69) is 0 Å². The SMILES string of the molecule is O=[p+]1oc2ccccc2c2ccccc21. The molecule has 1 unspecified atom stereocenters. The molecule has 1 atom stereocenters. The van der Waals surface area contributed by atoms with Crippen molar-refractivity contribution in [3.05, 3.63) is 48.5 Å². The molecule has 1 heterocycles. The zero-order valence-corrected chi connectivity index (χ0v) is 8.78. The molecular weight excluding hydrogens is 207 g/mol. The Kier molecular flexibility index (Phi) is 1.83. The Bertz CT molecular complexity index is 700. The third kappa shape index (κ3) is 1.26. The van der Waals surface area contributed by atoms with Crippen LogP contribution in [-0.2, 0) is 4.57 Å². The molecule has 0 saturated heterocycles. The van der Waals surface area contributed by atoms with Gasteiger partial charge in [-0.05, 0) is 22.8 Å². The van der Waals surface area contributed by atoms with Crippen molar-refractivity contribution in [3.8, 4) is 0 Å². The van der Waals surface area contributed by atoms with Crippen LogP contribution in [0.2, 0.25) is 0 Å². The largest absolute Gasteiger partial charge is 0.597 e. The standard InChI is InChI=1S/C12H8O2P/c13-15-12-8-4-2-6-10(12)9-5-1-3-7-11(9)14-15/h1-8H/q+1. The molecule has 2 nitrogen and oxygen atoms in total. The zero-order chi connectivity index (χ0) is 10.3. The summed E-state index contributed by atoms with van der Waals surface area (Å²) in [4.78, 5) is 0. The van der Waals surface area contributed by atoms with Crippen LogP contribution in [0.3, 0.4) is 0 Å². The molecule has 0 bridgehead atoms. The molecule has 0 radical (unpaired) electrons. The van der Waals surface area contributed by atoms with Crippen LogP contribution in [0.15, 0.2) is 52.7 Å². The van der Waals surface area contributed by atoms with E-state index in [9.17, 15) is 4.57 Å². The molecule has 72 valence electrons. The van der Waals surface area contributed by atoms with Crippen molar-refractivity contribution >= 4 is 29.1 Å². The lowest BCUT2D eigenvalue weighted by molar-refractivity contribution is 0.563. The van der Waals surface area contributed by atoms with Gasteiger partial charge >= 0.3 is 7.65 Å². The van der Waals surface area contributed by atoms with E-state index >= 15 is 0 Å². The van der Waals surface area contributed by atoms with Crippen LogP contribution in [0, 0.1) is 0 Å². The number of hydrogen-bond donors (Lipinski definition) is 0. The van der Waals surface area contributed by atoms with Crippen molar-refractivity contribution < 1.29 is 8.76 Å². The molecule has 0 amide bonds. The van der Waals surface area contributed by atoms with Crippen molar-refractivity contribution in [2.24, 2.45) is 0 Å². The van der Waals surface area contributed by atoms with Crippen LogP contribution < -0.4 is 0 Å². The highest BCUT2D eigenvalue weighted by Gasteiger charge is 2.14. The fourth-order valence-corrected chi connectivity index (χ4v) is 2.80. The smallest absolute Gasteiger partial charge is 0.250 e. The fraction of sp³-hybridized carbons (Fsp3) is 0. The van der Waals surface area contributed by atoms with Gasteiger partial charge in [-0.3, -0.25) is 0 Å². The Morgan fingerprint density at radius 3 is 2.40 bits per heavy atom. The number of hydrogen-bond acceptors (Lipinski definition) is 2. The highest BCUT2D eigenvalue weighted by molar-refractivity contribution is 7.37. The zero-order valence-electron chi connectivity index (χ0n) is 7.88. The lowest BCUT2D eigenvalue weighted by Crippen LogP contribution is -1.73. The van der Waals surface area contributed by atoms with Crippen LogP contribution in [0.4, 0.5) is 0 Å². The summed E-state index contributed by atoms with van der Waals surface area (Å²) in [5, 5.41) is 2.81. The van der Waals surface area contributed by atoms with E-state index in [0.29, 0.717) is 5.58 Å². The summed E-state index contributed by atoms with van der Waals surface area (Å²) in [5.74, 6) is 0. The topological polar surface area (TPSA) is 30.2 Å². The third-order valence-electron chi connectivity index (χ3n) is 2.46. The fourth-order valence-electron chi connectivity index (χ4n) is 1.77. The normalized spacial score (nSPS) is 12.1. The van der Waals surface area contributed by atoms with Gasteiger partial charge in [-0.15, -0.1) is 0 Å². The quantitative estimate of drug-likeness (QED) is 0.522. The first-order valence-corrected chi connectivity index (χ1v) is 5.88. The van der Waals surface area contributed by atoms with Crippen molar-refractivity contribution in [2.75, 3.05) is 0 Å². The lowest BCUT2D eigenvalue weighted by atomic mass is 10.1. The van der Waals surface area contributed by atoms with Gasteiger partial charge in [-0.2, -0.15) is 0 Å². The Labute approximate surface area is 87.0 Å². The molecule has 0 saturated carbocycles. The van der Waals surface area contributed by atoms with Crippen molar-refractivity contribution in [3.63, 3.8) is 0 Å². The second-order valence-electron chi connectivity index (χ2n) is 3.36. The van der Waals surface area contributed by atoms with Gasteiger partial charge in [-0.1, -0.05) is 30.3 Å². The van der Waals surface area contributed by atoms with Crippen LogP contribution >= 0.6 is 7.65 Å². The summed E-state index contributed by atoms with van der Waals surface area (Å²) >= 11 is 0. The van der Waals surface area contributed by atoms with Gasteiger partial charge in [0.25, 0.3) is 0 Å². The molecule has 15 heavy (non-hydrogen) atoms. The highest BCUT2D eigenvalue weighted by Crippen LogP contribution is 2.34. The molecule has 0 aliphatic rings. The maximum absolute atomic E-state index is 11.8. The summed E-state index contributed by atoms with van der Waals surface area (Å²) in [5.41, 5.74) is 0.706. The summed E-state index contributed by atoms with van der Waals surface area (Å²) in [6.45, 7) is 0. The molecule has 0 aliphatic heterocycles. The average Bonchev–Trinajstić information content (AvgIpc) is 2.30. The predicted octanol–water partition coefficient (Wildman–Crippen LogP) is 4.33. The van der Waals surface area contributed by atoms with Gasteiger partial charge in [0.15, 0.2) is 5.58 Å². The molecule has 0 spiro atoms. The first-order valence-electron chi connectivity index (χ1n) is 4.70. The van der Waals surface area contributed by atoms with E-state index in [1.807, 2.05) is 48.5 Å². The summed E-state index contributed by atoms with van der Waals surface area (Å²) < 4.78 is 17.1. The highest BCUT2D eigenvalue weighted by atomic mass is 31.1. The van der Waals surface area contributed by atoms with Crippen LogP contribution in [-0.4, -0.2) is 0 Å². The van der Waals surface area contributed by atoms with Gasteiger partial charge in [0.1, 0.15) is 0 Å². The minimum atomic E-state index is -1.74. The molecular formula is C12H8O2P+. The lowest BCUT2D eigenvalue weighted by Gasteiger charge is -1.94. The van der Waals surface area contributed by atoms with Crippen molar-refractivity contribution in [2.45, 2.75) is 0 Å². The van der Waals surface area contributed by atoms with Crippen molar-refractivity contribution in [1.82, 2.24) is 0 Å². The van der Waals surface area contributed by atoms with Gasteiger partial charge in [0.2, 0.25) is 5.12 Å². The second-order valence-corrected chi connectivity index (χ2v) is 4.54. The molecule has 3 heteroatoms. The monoisotopic (exact) mass is 215 g/mol. The predicted molar refractivity (Wildman–Crippen MR) is 61.3 cm³/mol. The van der Waals surface area contributed by atoms with E-state index in [-0.39, 0.29) is 0 Å². The van der Waals surface area contributed by atoms with Gasteiger partial charge < -0.3 is 0 Å². The molecule has 0 fully saturated rings. The second kappa shape index (κ2) is 3.18. The van der Waals surface area contributed by atoms with Crippen LogP contribution in [0.5, 0.6) is 0 Å². The molecule has 0 aliphatic carbocycles. The summed E-state index contributed by atoms with van der Waals surface area (Å²) in [6.07, 6.45) is 0. The average molecular weight is 215 g/mol. The Morgan fingerprint density at radius 1 is 0.867 bits per heavy atom. The minimum Gasteiger partial charge on any atom is -0.250 e. The van der Waals surface area contributed by atoms with Gasteiger partial charge in [0.05, 0.1) is 0 Å². The molecule has 3 aromatic rings. The van der Waals surface area contributed by atoms with Gasteiger partial charge in [0, 0.05) is 10.8 Å². The number of para-hydroxylation sites is 1. The van der Waals surface area contributed by atoms with E-state index < -0.39 is 7.65 Å². The number of fused-ring (bicyclic) bond motifs is 3. The maximum atomic E-state index is 11.8. The first kappa shape index (κ1) is 8.63. The Morgan fingerprint density at radius 2 is 1.53 bits per heavy atom. The number of benzene rings is 2. The molecule has 3 rings (SSSR count). The third-order valence-corrected chi connectivity index (χ3v) is 3.61. The molecule has 1 aromatic heterocycles. The van der Waals surface area contributed by atoms with Gasteiger partial charge in [-0.25, -0.2) is 4.20 Å². The molecule has 2 aromatic carbocycles. The summed E-state index contributed by atoms with van der Waals surface area (Å²) in [6, 6.07) is 15.3. The summed E-state index contributed by atoms with van der Waals surface area (Å²) in [7, 11) is -1.74. The van der Waals surface area contributed by atoms with E-state index in [1.54, 1.807) is 0 Å². The Hall–Kier alpha value is -1.66. The minimum absolute atomic E-state index is 0.706. The number of rotatable bonds is 0. The Balaban J connectivity index is 2.70. The van der Waals surface area contributed by atoms with Crippen LogP contribution in [0.1, 0.15) is 0 Å². The maximum Gasteiger partial charge on any atom is 0.597 e. The van der Waals surface area contributed by atoms with Crippen molar-refractivity contribution in [1.29, 1.82) is 0 Å².